The van der Waals surface area contributed by atoms with Crippen molar-refractivity contribution in [2.75, 3.05) is 0 Å². The van der Waals surface area contributed by atoms with Gasteiger partial charge in [-0.05, 0) is 244 Å². The standard InChI is InChI=1S/C100H62N4/c1-2-27-77(28-3-1)104-94-40-19-17-38-92(94)102-100(104)89-56-55-79(80-29-8-9-30-81(80)89)71-51-54-88-90(62-71)98(75-47-42-64-22-5-7-24-67(64)59-75)87-36-15-14-35-86(87)97(88)74-48-45-69-57-68(43-44-70(69)60-74)65-49-52-78(53-50-65)103-93-39-18-16-37-91(93)101-99(103)76-26-20-25-72(61-76)95-82-31-10-12-33-84(82)96(85-34-13-11-32-83(85)95)73-46-41-63-21-4-6-23-66(63)58-73/h1-62H. The lowest BCUT2D eigenvalue weighted by Crippen LogP contribution is -1.98. The lowest BCUT2D eigenvalue weighted by atomic mass is 9.83. The number of nitrogens with zero attached hydrogens (tertiary/aromatic N) is 4. The molecule has 0 saturated heterocycles. The first-order valence-corrected chi connectivity index (χ1v) is 35.8. The highest BCUT2D eigenvalue weighted by Gasteiger charge is 2.24. The quantitative estimate of drug-likeness (QED) is 0.128. The van der Waals surface area contributed by atoms with Gasteiger partial charge in [-0.15, -0.1) is 0 Å². The molecule has 0 spiro atoms. The number of imidazole rings is 2. The summed E-state index contributed by atoms with van der Waals surface area (Å²) < 4.78 is 4.63. The van der Waals surface area contributed by atoms with Crippen LogP contribution in [0, 0.1) is 0 Å². The van der Waals surface area contributed by atoms with Gasteiger partial charge in [0.05, 0.1) is 22.1 Å². The lowest BCUT2D eigenvalue weighted by Gasteiger charge is -2.20. The van der Waals surface area contributed by atoms with Gasteiger partial charge in [0, 0.05) is 22.5 Å². The van der Waals surface area contributed by atoms with Crippen LogP contribution in [0.5, 0.6) is 0 Å². The minimum Gasteiger partial charge on any atom is -0.292 e. The second-order valence-corrected chi connectivity index (χ2v) is 27.5. The highest BCUT2D eigenvalue weighted by atomic mass is 15.1. The van der Waals surface area contributed by atoms with Crippen LogP contribution in [0.4, 0.5) is 0 Å². The molecule has 19 aromatic carbocycles. The molecule has 0 aliphatic heterocycles. The van der Waals surface area contributed by atoms with E-state index in [1.165, 1.54) is 125 Å². The summed E-state index contributed by atoms with van der Waals surface area (Å²) in [5.41, 5.74) is 22.6. The molecule has 4 nitrogen and oxygen atoms in total. The zero-order valence-corrected chi connectivity index (χ0v) is 56.6. The van der Waals surface area contributed by atoms with Gasteiger partial charge in [-0.1, -0.05) is 285 Å². The Bertz CT molecular complexity index is 7040. The summed E-state index contributed by atoms with van der Waals surface area (Å²) in [7, 11) is 0. The summed E-state index contributed by atoms with van der Waals surface area (Å²) in [5.74, 6) is 1.81. The Balaban J connectivity index is 0.652. The topological polar surface area (TPSA) is 35.6 Å². The van der Waals surface area contributed by atoms with E-state index in [-0.39, 0.29) is 0 Å². The predicted octanol–water partition coefficient (Wildman–Crippen LogP) is 26.9. The minimum atomic E-state index is 0.894. The van der Waals surface area contributed by atoms with E-state index in [2.05, 4.69) is 385 Å². The predicted molar refractivity (Wildman–Crippen MR) is 439 cm³/mol. The first-order chi connectivity index (χ1) is 51.6. The molecule has 482 valence electrons. The van der Waals surface area contributed by atoms with Crippen LogP contribution in [0.2, 0.25) is 0 Å². The fourth-order valence-electron chi connectivity index (χ4n) is 16.9. The molecular weight excluding hydrogens is 1260 g/mol. The van der Waals surface area contributed by atoms with Crippen LogP contribution in [0.1, 0.15) is 0 Å². The average molecular weight is 1320 g/mol. The normalized spacial score (nSPS) is 11.8. The highest BCUT2D eigenvalue weighted by molar-refractivity contribution is 6.24. The first kappa shape index (κ1) is 59.1. The van der Waals surface area contributed by atoms with Crippen LogP contribution < -0.4 is 0 Å². The van der Waals surface area contributed by atoms with Crippen LogP contribution in [-0.2, 0) is 0 Å². The molecule has 0 aliphatic rings. The van der Waals surface area contributed by atoms with Crippen molar-refractivity contribution in [3.8, 4) is 101 Å². The molecular formula is C100H62N4. The highest BCUT2D eigenvalue weighted by Crippen LogP contribution is 2.49. The first-order valence-electron chi connectivity index (χ1n) is 35.8. The summed E-state index contributed by atoms with van der Waals surface area (Å²) in [6.45, 7) is 0. The third-order valence-corrected chi connectivity index (χ3v) is 21.6. The van der Waals surface area contributed by atoms with Crippen molar-refractivity contribution in [1.29, 1.82) is 0 Å². The molecule has 2 heterocycles. The molecule has 0 aliphatic carbocycles. The van der Waals surface area contributed by atoms with E-state index in [0.29, 0.717) is 0 Å². The van der Waals surface area contributed by atoms with E-state index >= 15 is 0 Å². The maximum atomic E-state index is 5.42. The SMILES string of the molecule is c1ccc(-n2c(-c3ccc(-c4ccc5c(-c6ccc7cc(-c8ccc(-n9c(-c%10cccc(-c%11c%12ccccc%12c(-c%12ccc%13ccccc%13c%12)c%12ccccc%11%12)c%10)nc%10ccccc%109)cc8)ccc7c6)c6ccccc6c(-c6ccc7ccccc7c6)c5c4)c4ccccc34)nc3ccccc32)cc1. The average Bonchev–Trinajstić information content (AvgIpc) is 0.904. The van der Waals surface area contributed by atoms with Gasteiger partial charge in [-0.25, -0.2) is 9.97 Å². The molecule has 21 rings (SSSR count). The smallest absolute Gasteiger partial charge is 0.146 e. The number of para-hydroxylation sites is 5. The van der Waals surface area contributed by atoms with E-state index in [9.17, 15) is 0 Å². The second kappa shape index (κ2) is 24.0. The van der Waals surface area contributed by atoms with Gasteiger partial charge in [0.25, 0.3) is 0 Å². The molecule has 21 aromatic rings. The molecule has 0 amide bonds. The number of hydrogen-bond acceptors (Lipinski definition) is 2. The van der Waals surface area contributed by atoms with Gasteiger partial charge >= 0.3 is 0 Å². The van der Waals surface area contributed by atoms with E-state index < -0.39 is 0 Å². The largest absolute Gasteiger partial charge is 0.292 e. The van der Waals surface area contributed by atoms with Gasteiger partial charge < -0.3 is 0 Å². The molecule has 2 aromatic heterocycles. The molecule has 104 heavy (non-hydrogen) atoms. The Morgan fingerprint density at radius 2 is 0.529 bits per heavy atom. The molecule has 0 saturated carbocycles. The zero-order chi connectivity index (χ0) is 68.3. The Morgan fingerprint density at radius 3 is 1.09 bits per heavy atom. The van der Waals surface area contributed by atoms with Crippen molar-refractivity contribution < 1.29 is 0 Å². The number of aromatic nitrogens is 4. The Labute approximate surface area is 600 Å². The van der Waals surface area contributed by atoms with Crippen LogP contribution in [0.3, 0.4) is 0 Å². The van der Waals surface area contributed by atoms with E-state index in [0.717, 1.165) is 83.9 Å². The van der Waals surface area contributed by atoms with Gasteiger partial charge in [0.1, 0.15) is 11.6 Å². The van der Waals surface area contributed by atoms with Crippen LogP contribution >= 0.6 is 0 Å². The number of benzene rings is 19. The lowest BCUT2D eigenvalue weighted by molar-refractivity contribution is 1.10. The molecule has 0 unspecified atom stereocenters. The third kappa shape index (κ3) is 9.61. The van der Waals surface area contributed by atoms with Crippen molar-refractivity contribution in [2.24, 2.45) is 0 Å². The third-order valence-electron chi connectivity index (χ3n) is 21.6. The van der Waals surface area contributed by atoms with Crippen molar-refractivity contribution >= 4 is 108 Å². The van der Waals surface area contributed by atoms with Crippen molar-refractivity contribution in [2.45, 2.75) is 0 Å². The molecule has 0 atom stereocenters. The van der Waals surface area contributed by atoms with E-state index in [4.69, 9.17) is 9.97 Å². The number of fused-ring (bicyclic) bond motifs is 10. The Morgan fingerprint density at radius 1 is 0.173 bits per heavy atom. The van der Waals surface area contributed by atoms with Crippen molar-refractivity contribution in [3.05, 3.63) is 376 Å². The summed E-state index contributed by atoms with van der Waals surface area (Å²) in [6.07, 6.45) is 0. The molecule has 0 bridgehead atoms. The van der Waals surface area contributed by atoms with Gasteiger partial charge in [0.2, 0.25) is 0 Å². The maximum absolute atomic E-state index is 5.42. The monoisotopic (exact) mass is 1320 g/mol. The van der Waals surface area contributed by atoms with E-state index in [1.807, 2.05) is 0 Å². The van der Waals surface area contributed by atoms with Crippen LogP contribution in [0.25, 0.3) is 209 Å². The maximum Gasteiger partial charge on any atom is 0.146 e. The van der Waals surface area contributed by atoms with Crippen LogP contribution in [0.15, 0.2) is 376 Å². The molecule has 4 heteroatoms. The fourth-order valence-corrected chi connectivity index (χ4v) is 16.9. The molecule has 0 radical (unpaired) electrons. The Hall–Kier alpha value is -13.8. The summed E-state index contributed by atoms with van der Waals surface area (Å²) in [6, 6.07) is 138. The summed E-state index contributed by atoms with van der Waals surface area (Å²) >= 11 is 0. The second-order valence-electron chi connectivity index (χ2n) is 27.5. The van der Waals surface area contributed by atoms with Gasteiger partial charge in [-0.2, -0.15) is 0 Å². The number of rotatable bonds is 10. The van der Waals surface area contributed by atoms with Crippen molar-refractivity contribution in [1.82, 2.24) is 19.1 Å². The fraction of sp³-hybridized carbons (Fsp3) is 0. The zero-order valence-electron chi connectivity index (χ0n) is 56.6. The number of hydrogen-bond donors (Lipinski definition) is 0. The van der Waals surface area contributed by atoms with Gasteiger partial charge in [0.15, 0.2) is 0 Å². The summed E-state index contributed by atoms with van der Waals surface area (Å²) in [5, 5.41) is 19.3. The van der Waals surface area contributed by atoms with Crippen LogP contribution in [-0.4, -0.2) is 19.1 Å². The van der Waals surface area contributed by atoms with Gasteiger partial charge in [-0.3, -0.25) is 9.13 Å². The Kier molecular flexibility index (Phi) is 13.6. The summed E-state index contributed by atoms with van der Waals surface area (Å²) in [4.78, 5) is 10.8. The minimum absolute atomic E-state index is 0.894. The van der Waals surface area contributed by atoms with Crippen molar-refractivity contribution in [3.63, 3.8) is 0 Å². The van der Waals surface area contributed by atoms with E-state index in [1.54, 1.807) is 0 Å². The molecule has 0 N–H and O–H groups in total. The molecule has 0 fully saturated rings.